The average molecular weight is 244 g/mol. The van der Waals surface area contributed by atoms with Crippen LogP contribution in [-0.2, 0) is 0 Å². The van der Waals surface area contributed by atoms with E-state index >= 15 is 0 Å². The van der Waals surface area contributed by atoms with Gasteiger partial charge in [0.25, 0.3) is 0 Å². The fraction of sp³-hybridized carbons (Fsp3) is 0. The van der Waals surface area contributed by atoms with Crippen molar-refractivity contribution in [2.45, 2.75) is 0 Å². The van der Waals surface area contributed by atoms with Gasteiger partial charge in [-0.15, -0.1) is 0 Å². The van der Waals surface area contributed by atoms with Crippen LogP contribution in [0.3, 0.4) is 0 Å². The second kappa shape index (κ2) is 4.89. The molecule has 0 aliphatic carbocycles. The molecule has 0 heteroatoms. The molecule has 0 N–H and O–H groups in total. The van der Waals surface area contributed by atoms with Crippen molar-refractivity contribution in [3.63, 3.8) is 0 Å². The van der Waals surface area contributed by atoms with E-state index in [2.05, 4.69) is 0 Å². The van der Waals surface area contributed by atoms with Crippen LogP contribution in [0.2, 0.25) is 0 Å². The lowest BCUT2D eigenvalue weighted by molar-refractivity contribution is 1.58. The molecular weight excluding hydrogens is 216 g/mol. The van der Waals surface area contributed by atoms with E-state index in [9.17, 15) is 0 Å². The van der Waals surface area contributed by atoms with Crippen LogP contribution in [0.15, 0.2) is 84.6 Å². The van der Waals surface area contributed by atoms with E-state index in [0.29, 0.717) is 0 Å². The Bertz CT molecular complexity index is 1150. The summed E-state index contributed by atoms with van der Waals surface area (Å²) < 4.78 is 113. The van der Waals surface area contributed by atoms with Gasteiger partial charge < -0.3 is 0 Å². The van der Waals surface area contributed by atoms with Crippen LogP contribution >= 0.6 is 0 Å². The first-order chi connectivity index (χ1) is 14.7. The zero-order valence-electron chi connectivity index (χ0n) is 23.0. The number of hydrogen-bond donors (Lipinski definition) is 0. The lowest BCUT2D eigenvalue weighted by Gasteiger charge is -2.09. The van der Waals surface area contributed by atoms with Crippen molar-refractivity contribution in [1.29, 1.82) is 0 Å². The second-order valence-corrected chi connectivity index (χ2v) is 3.25. The first-order valence-electron chi connectivity index (χ1n) is 12.0. The highest BCUT2D eigenvalue weighted by Crippen LogP contribution is 2.31. The van der Waals surface area contributed by atoms with Gasteiger partial charge >= 0.3 is 0 Å². The molecule has 0 aliphatic rings. The highest BCUT2D eigenvalue weighted by Gasteiger charge is 2.05. The molecule has 0 heterocycles. The molecule has 3 aromatic rings. The minimum Gasteiger partial charge on any atom is -0.0622 e. The summed E-state index contributed by atoms with van der Waals surface area (Å²) in [7, 11) is 0. The fourth-order valence-electron chi connectivity index (χ4n) is 1.44. The fourth-order valence-corrected chi connectivity index (χ4v) is 1.44. The van der Waals surface area contributed by atoms with E-state index < -0.39 is 107 Å². The zero-order chi connectivity index (χ0) is 24.4. The van der Waals surface area contributed by atoms with Crippen LogP contribution in [0, 0.1) is 0 Å². The highest BCUT2D eigenvalue weighted by molar-refractivity contribution is 5.83. The van der Waals surface area contributed by atoms with Crippen LogP contribution in [0.4, 0.5) is 0 Å². The Hall–Kier alpha value is -2.34. The van der Waals surface area contributed by atoms with Gasteiger partial charge in [-0.3, -0.25) is 0 Å². The SMILES string of the molecule is [2H]c1c([2H])c([2H])c(-c2c([2H])c([2H])c([2H])c([2H])c2-c2c([2H])c([2H])c([2H])c([2H])c2[2H])c([2H])c1[2H]. The Morgan fingerprint density at radius 1 is 0.444 bits per heavy atom. The maximum absolute atomic E-state index is 8.36. The van der Waals surface area contributed by atoms with Crippen LogP contribution in [-0.4, -0.2) is 0 Å². The Kier molecular flexibility index (Phi) is 0.912. The van der Waals surface area contributed by atoms with Crippen molar-refractivity contribution in [3.8, 4) is 22.3 Å². The Labute approximate surface area is 127 Å². The van der Waals surface area contributed by atoms with Crippen molar-refractivity contribution < 1.29 is 19.2 Å². The van der Waals surface area contributed by atoms with Crippen LogP contribution < -0.4 is 0 Å². The van der Waals surface area contributed by atoms with E-state index in [1.54, 1.807) is 0 Å². The molecule has 3 rings (SSSR count). The topological polar surface area (TPSA) is 0 Å². The molecule has 0 saturated heterocycles. The lowest BCUT2D eigenvalue weighted by Crippen LogP contribution is -1.83. The summed E-state index contributed by atoms with van der Waals surface area (Å²) in [6.07, 6.45) is 0. The Morgan fingerprint density at radius 2 is 0.778 bits per heavy atom. The molecule has 86 valence electrons. The van der Waals surface area contributed by atoms with Crippen LogP contribution in [0.25, 0.3) is 22.3 Å². The lowest BCUT2D eigenvalue weighted by atomic mass is 9.95. The molecule has 0 aliphatic heterocycles. The normalized spacial score (nSPS) is 21.1. The van der Waals surface area contributed by atoms with Crippen LogP contribution in [0.1, 0.15) is 19.2 Å². The van der Waals surface area contributed by atoms with Crippen molar-refractivity contribution >= 4 is 0 Å². The maximum atomic E-state index is 8.36. The van der Waals surface area contributed by atoms with Gasteiger partial charge in [-0.05, 0) is 22.3 Å². The number of benzene rings is 3. The molecule has 0 radical (unpaired) electrons. The van der Waals surface area contributed by atoms with E-state index in [0.717, 1.165) is 0 Å². The van der Waals surface area contributed by atoms with Crippen molar-refractivity contribution in [1.82, 2.24) is 0 Å². The monoisotopic (exact) mass is 244 g/mol. The standard InChI is InChI=1S/C18H14/c1-3-9-15(10-4-1)17-13-7-8-14-18(17)16-11-5-2-6-12-16/h1-14H/i1D,2D,3D,4D,5D,6D,7D,8D,9D,10D,11D,12D,13D,14D. The summed E-state index contributed by atoms with van der Waals surface area (Å²) in [5.74, 6) is 0. The number of hydrogen-bond acceptors (Lipinski definition) is 0. The highest BCUT2D eigenvalue weighted by atomic mass is 14.1. The zero-order valence-corrected chi connectivity index (χ0v) is 9.00. The van der Waals surface area contributed by atoms with Gasteiger partial charge in [-0.2, -0.15) is 0 Å². The molecule has 0 spiro atoms. The first-order valence-corrected chi connectivity index (χ1v) is 5.00. The summed E-state index contributed by atoms with van der Waals surface area (Å²) in [6, 6.07) is -10.5. The van der Waals surface area contributed by atoms with E-state index in [1.807, 2.05) is 0 Å². The van der Waals surface area contributed by atoms with Gasteiger partial charge in [0.1, 0.15) is 0 Å². The second-order valence-electron chi connectivity index (χ2n) is 3.25. The molecule has 0 aromatic heterocycles. The van der Waals surface area contributed by atoms with Gasteiger partial charge in [-0.1, -0.05) is 84.6 Å². The molecule has 0 unspecified atom stereocenters. The van der Waals surface area contributed by atoms with Crippen LogP contribution in [0.5, 0.6) is 0 Å². The minimum absolute atomic E-state index is 0.550. The predicted molar refractivity (Wildman–Crippen MR) is 77.3 cm³/mol. The van der Waals surface area contributed by atoms with E-state index in [-0.39, 0.29) is 0 Å². The molecule has 0 nitrogen and oxygen atoms in total. The maximum Gasteiger partial charge on any atom is 0.0629 e. The third kappa shape index (κ3) is 2.05. The third-order valence-corrected chi connectivity index (χ3v) is 2.19. The van der Waals surface area contributed by atoms with Crippen molar-refractivity contribution in [2.24, 2.45) is 0 Å². The molecule has 0 bridgehead atoms. The molecular formula is C18H14. The molecule has 0 atom stereocenters. The molecule has 3 aromatic carbocycles. The van der Waals surface area contributed by atoms with Crippen molar-refractivity contribution in [2.75, 3.05) is 0 Å². The van der Waals surface area contributed by atoms with E-state index in [1.165, 1.54) is 0 Å². The van der Waals surface area contributed by atoms with Gasteiger partial charge in [-0.25, -0.2) is 0 Å². The van der Waals surface area contributed by atoms with E-state index in [4.69, 9.17) is 19.2 Å². The molecule has 0 fully saturated rings. The summed E-state index contributed by atoms with van der Waals surface area (Å²) in [5, 5.41) is 0. The Morgan fingerprint density at radius 3 is 1.17 bits per heavy atom. The summed E-state index contributed by atoms with van der Waals surface area (Å²) in [5.41, 5.74) is -2.23. The summed E-state index contributed by atoms with van der Waals surface area (Å²) >= 11 is 0. The minimum atomic E-state index is -0.772. The quantitative estimate of drug-likeness (QED) is 0.593. The smallest absolute Gasteiger partial charge is 0.0622 e. The largest absolute Gasteiger partial charge is 0.0629 e. The predicted octanol–water partition coefficient (Wildman–Crippen LogP) is 5.02. The summed E-state index contributed by atoms with van der Waals surface area (Å²) in [6.45, 7) is 0. The molecule has 18 heavy (non-hydrogen) atoms. The molecule has 0 amide bonds. The van der Waals surface area contributed by atoms with Gasteiger partial charge in [0.05, 0.1) is 19.2 Å². The van der Waals surface area contributed by atoms with Gasteiger partial charge in [0.2, 0.25) is 0 Å². The molecule has 0 saturated carbocycles. The average Bonchev–Trinajstić information content (AvgIpc) is 2.77. The van der Waals surface area contributed by atoms with Crippen molar-refractivity contribution in [3.05, 3.63) is 84.6 Å². The summed E-state index contributed by atoms with van der Waals surface area (Å²) in [4.78, 5) is 0. The number of rotatable bonds is 2. The first kappa shape index (κ1) is 3.36. The van der Waals surface area contributed by atoms with Gasteiger partial charge in [0.15, 0.2) is 0 Å². The third-order valence-electron chi connectivity index (χ3n) is 2.19. The Balaban J connectivity index is 2.69. The van der Waals surface area contributed by atoms with Gasteiger partial charge in [0, 0.05) is 0 Å².